The Kier molecular flexibility index (Phi) is 5.29. The fourth-order valence-corrected chi connectivity index (χ4v) is 3.98. The van der Waals surface area contributed by atoms with Crippen LogP contribution in [0.4, 0.5) is 0 Å². The molecule has 1 aromatic rings. The summed E-state index contributed by atoms with van der Waals surface area (Å²) in [6.07, 6.45) is 1.28. The van der Waals surface area contributed by atoms with Crippen LogP contribution in [0.15, 0.2) is 22.7 Å². The highest BCUT2D eigenvalue weighted by atomic mass is 79.9. The molecular weight excluding hydrogens is 358 g/mol. The van der Waals surface area contributed by atoms with Crippen molar-refractivity contribution in [2.45, 2.75) is 19.8 Å². The Labute approximate surface area is 134 Å². The number of aryl methyl sites for hydroxylation is 1. The molecule has 1 fully saturated rings. The van der Waals surface area contributed by atoms with Gasteiger partial charge in [0.25, 0.3) is 0 Å². The van der Waals surface area contributed by atoms with E-state index in [0.29, 0.717) is 32.7 Å². The number of primary sulfonamides is 1. The molecule has 0 saturated carbocycles. The van der Waals surface area contributed by atoms with E-state index >= 15 is 0 Å². The number of ether oxygens (including phenoxy) is 2. The lowest BCUT2D eigenvalue weighted by molar-refractivity contribution is 0.00208. The lowest BCUT2D eigenvalue weighted by atomic mass is 9.83. The van der Waals surface area contributed by atoms with Gasteiger partial charge < -0.3 is 9.47 Å². The number of rotatable bonds is 5. The topological polar surface area (TPSA) is 78.6 Å². The first-order valence-corrected chi connectivity index (χ1v) is 9.28. The van der Waals surface area contributed by atoms with E-state index in [4.69, 9.17) is 14.6 Å². The van der Waals surface area contributed by atoms with E-state index in [-0.39, 0.29) is 5.75 Å². The zero-order valence-corrected chi connectivity index (χ0v) is 14.4. The van der Waals surface area contributed by atoms with Gasteiger partial charge in [0.15, 0.2) is 0 Å². The molecule has 2 N–H and O–H groups in total. The van der Waals surface area contributed by atoms with Gasteiger partial charge in [0.05, 0.1) is 12.4 Å². The lowest BCUT2D eigenvalue weighted by Crippen LogP contribution is -2.42. The molecule has 0 aromatic heterocycles. The van der Waals surface area contributed by atoms with Crippen LogP contribution in [0.2, 0.25) is 0 Å². The predicted octanol–water partition coefficient (Wildman–Crippen LogP) is 2.22. The molecule has 0 radical (unpaired) electrons. The van der Waals surface area contributed by atoms with Gasteiger partial charge in [0.2, 0.25) is 10.0 Å². The van der Waals surface area contributed by atoms with Crippen LogP contribution in [-0.4, -0.2) is 34.0 Å². The quantitative estimate of drug-likeness (QED) is 0.852. The van der Waals surface area contributed by atoms with Gasteiger partial charge in [0.1, 0.15) is 5.75 Å². The molecule has 2 rings (SSSR count). The molecule has 1 aromatic carbocycles. The summed E-state index contributed by atoms with van der Waals surface area (Å²) in [5.74, 6) is 0.662. The van der Waals surface area contributed by atoms with Crippen LogP contribution in [0.3, 0.4) is 0 Å². The Bertz CT molecular complexity index is 597. The second kappa shape index (κ2) is 6.64. The highest BCUT2D eigenvalue weighted by Gasteiger charge is 2.37. The Hall–Kier alpha value is -0.630. The first-order valence-electron chi connectivity index (χ1n) is 6.77. The van der Waals surface area contributed by atoms with Gasteiger partial charge in [-0.15, -0.1) is 0 Å². The summed E-state index contributed by atoms with van der Waals surface area (Å²) in [5, 5.41) is 5.23. The standard InChI is InChI=1S/C14H20BrNO4S/c1-11-8-12(2-3-13(11)15)20-9-14(10-21(16,17)18)4-6-19-7-5-14/h2-3,8H,4-7,9-10H2,1H3,(H2,16,17,18). The van der Waals surface area contributed by atoms with Crippen molar-refractivity contribution < 1.29 is 17.9 Å². The first-order chi connectivity index (χ1) is 9.80. The molecule has 0 amide bonds. The minimum absolute atomic E-state index is 0.0706. The van der Waals surface area contributed by atoms with Crippen LogP contribution in [0.25, 0.3) is 0 Å². The summed E-state index contributed by atoms with van der Waals surface area (Å²) in [6.45, 7) is 3.38. The highest BCUT2D eigenvalue weighted by molar-refractivity contribution is 9.10. The molecule has 0 unspecified atom stereocenters. The van der Waals surface area contributed by atoms with Crippen molar-refractivity contribution >= 4 is 26.0 Å². The minimum atomic E-state index is -3.54. The second-order valence-electron chi connectivity index (χ2n) is 5.62. The molecule has 1 heterocycles. The monoisotopic (exact) mass is 377 g/mol. The zero-order valence-electron chi connectivity index (χ0n) is 12.0. The van der Waals surface area contributed by atoms with Crippen molar-refractivity contribution in [1.29, 1.82) is 0 Å². The second-order valence-corrected chi connectivity index (χ2v) is 8.09. The van der Waals surface area contributed by atoms with E-state index in [9.17, 15) is 8.42 Å². The van der Waals surface area contributed by atoms with Crippen molar-refractivity contribution in [1.82, 2.24) is 0 Å². The largest absolute Gasteiger partial charge is 0.493 e. The summed E-state index contributed by atoms with van der Waals surface area (Å²) in [4.78, 5) is 0. The summed E-state index contributed by atoms with van der Waals surface area (Å²) in [5.41, 5.74) is 0.604. The Morgan fingerprint density at radius 1 is 1.38 bits per heavy atom. The molecule has 1 aliphatic heterocycles. The maximum Gasteiger partial charge on any atom is 0.209 e. The number of benzene rings is 1. The smallest absolute Gasteiger partial charge is 0.209 e. The van der Waals surface area contributed by atoms with Crippen LogP contribution in [-0.2, 0) is 14.8 Å². The van der Waals surface area contributed by atoms with E-state index in [1.54, 1.807) is 0 Å². The summed E-state index contributed by atoms with van der Waals surface area (Å²) in [7, 11) is -3.54. The molecular formula is C14H20BrNO4S. The molecule has 0 aliphatic carbocycles. The molecule has 0 atom stereocenters. The normalized spacial score (nSPS) is 18.4. The molecule has 0 spiro atoms. The summed E-state index contributed by atoms with van der Waals surface area (Å²) in [6, 6.07) is 5.70. The van der Waals surface area contributed by atoms with E-state index < -0.39 is 15.4 Å². The van der Waals surface area contributed by atoms with Crippen molar-refractivity contribution in [3.05, 3.63) is 28.2 Å². The van der Waals surface area contributed by atoms with Crippen LogP contribution in [0, 0.1) is 12.3 Å². The number of nitrogens with two attached hydrogens (primary N) is 1. The van der Waals surface area contributed by atoms with Gasteiger partial charge in [-0.1, -0.05) is 15.9 Å². The lowest BCUT2D eigenvalue weighted by Gasteiger charge is -2.36. The maximum absolute atomic E-state index is 11.5. The molecule has 118 valence electrons. The molecule has 5 nitrogen and oxygen atoms in total. The summed E-state index contributed by atoms with van der Waals surface area (Å²) >= 11 is 3.44. The third kappa shape index (κ3) is 4.95. The van der Waals surface area contributed by atoms with Crippen LogP contribution >= 0.6 is 15.9 Å². The van der Waals surface area contributed by atoms with E-state index in [1.165, 1.54) is 0 Å². The van der Waals surface area contributed by atoms with Crippen molar-refractivity contribution in [2.24, 2.45) is 10.6 Å². The Balaban J connectivity index is 2.10. The molecule has 1 saturated heterocycles. The third-order valence-corrected chi connectivity index (χ3v) is 5.64. The van der Waals surface area contributed by atoms with E-state index in [1.807, 2.05) is 25.1 Å². The zero-order chi connectivity index (χ0) is 15.5. The van der Waals surface area contributed by atoms with Crippen LogP contribution in [0.5, 0.6) is 5.75 Å². The molecule has 21 heavy (non-hydrogen) atoms. The maximum atomic E-state index is 11.5. The van der Waals surface area contributed by atoms with Gasteiger partial charge in [-0.2, -0.15) is 0 Å². The fourth-order valence-electron chi connectivity index (χ4n) is 2.50. The average Bonchev–Trinajstić information content (AvgIpc) is 2.39. The SMILES string of the molecule is Cc1cc(OCC2(CS(N)(=O)=O)CCOCC2)ccc1Br. The first kappa shape index (κ1) is 16.7. The van der Waals surface area contributed by atoms with Crippen LogP contribution < -0.4 is 9.88 Å². The molecule has 0 bridgehead atoms. The number of sulfonamides is 1. The fraction of sp³-hybridized carbons (Fsp3) is 0.571. The number of hydrogen-bond donors (Lipinski definition) is 1. The Morgan fingerprint density at radius 2 is 2.05 bits per heavy atom. The number of hydrogen-bond acceptors (Lipinski definition) is 4. The van der Waals surface area contributed by atoms with Gasteiger partial charge in [-0.25, -0.2) is 13.6 Å². The van der Waals surface area contributed by atoms with Gasteiger partial charge in [0, 0.05) is 23.1 Å². The minimum Gasteiger partial charge on any atom is -0.493 e. The van der Waals surface area contributed by atoms with Crippen LogP contribution in [0.1, 0.15) is 18.4 Å². The van der Waals surface area contributed by atoms with Gasteiger partial charge in [-0.05, 0) is 43.5 Å². The third-order valence-electron chi connectivity index (χ3n) is 3.74. The van der Waals surface area contributed by atoms with Crippen molar-refractivity contribution in [2.75, 3.05) is 25.6 Å². The Morgan fingerprint density at radius 3 is 2.62 bits per heavy atom. The van der Waals surface area contributed by atoms with E-state index in [0.717, 1.165) is 15.8 Å². The summed E-state index contributed by atoms with van der Waals surface area (Å²) < 4.78 is 35.2. The molecule has 1 aliphatic rings. The number of halogens is 1. The van der Waals surface area contributed by atoms with E-state index in [2.05, 4.69) is 15.9 Å². The molecule has 7 heteroatoms. The predicted molar refractivity (Wildman–Crippen MR) is 84.8 cm³/mol. The highest BCUT2D eigenvalue weighted by Crippen LogP contribution is 2.33. The van der Waals surface area contributed by atoms with Gasteiger partial charge >= 0.3 is 0 Å². The average molecular weight is 378 g/mol. The van der Waals surface area contributed by atoms with Gasteiger partial charge in [-0.3, -0.25) is 0 Å². The van der Waals surface area contributed by atoms with Crippen molar-refractivity contribution in [3.63, 3.8) is 0 Å². The van der Waals surface area contributed by atoms with Crippen molar-refractivity contribution in [3.8, 4) is 5.75 Å².